The van der Waals surface area contributed by atoms with Crippen LogP contribution in [-0.4, -0.2) is 31.8 Å². The maximum absolute atomic E-state index is 13.8. The topological polar surface area (TPSA) is 88.1 Å². The van der Waals surface area contributed by atoms with Crippen LogP contribution in [-0.2, 0) is 17.8 Å². The van der Waals surface area contributed by atoms with Crippen molar-refractivity contribution in [3.8, 4) is 5.69 Å². The summed E-state index contributed by atoms with van der Waals surface area (Å²) in [6, 6.07) is 12.4. The maximum Gasteiger partial charge on any atom is 0.338 e. The number of hydrogen-bond acceptors (Lipinski definition) is 5. The van der Waals surface area contributed by atoms with E-state index < -0.39 is 23.0 Å². The number of carbonyl (C=O) groups excluding carboxylic acids is 1. The molecule has 0 aliphatic rings. The smallest absolute Gasteiger partial charge is 0.338 e. The average molecular weight is 422 g/mol. The van der Waals surface area contributed by atoms with Gasteiger partial charge in [-0.05, 0) is 36.8 Å². The minimum absolute atomic E-state index is 0.112. The number of imidazole rings is 1. The highest BCUT2D eigenvalue weighted by atomic mass is 19.1. The van der Waals surface area contributed by atoms with Gasteiger partial charge in [0, 0.05) is 6.54 Å². The predicted molar refractivity (Wildman–Crippen MR) is 112 cm³/mol. The van der Waals surface area contributed by atoms with Gasteiger partial charge in [-0.15, -0.1) is 0 Å². The zero-order valence-electron chi connectivity index (χ0n) is 16.9. The molecule has 2 aromatic carbocycles. The summed E-state index contributed by atoms with van der Waals surface area (Å²) in [5, 5.41) is 0. The number of aromatic nitrogens is 4. The third-order valence-electron chi connectivity index (χ3n) is 5.05. The van der Waals surface area contributed by atoms with Gasteiger partial charge in [0.05, 0.1) is 31.2 Å². The summed E-state index contributed by atoms with van der Waals surface area (Å²) in [5.74, 6) is -1.01. The van der Waals surface area contributed by atoms with Crippen molar-refractivity contribution in [2.24, 2.45) is 0 Å². The number of methoxy groups -OCH3 is 1. The summed E-state index contributed by atoms with van der Waals surface area (Å²) in [4.78, 5) is 42.5. The van der Waals surface area contributed by atoms with E-state index in [1.54, 1.807) is 41.8 Å². The molecule has 0 aliphatic heterocycles. The quantitative estimate of drug-likeness (QED) is 0.461. The van der Waals surface area contributed by atoms with Crippen LogP contribution in [0.2, 0.25) is 0 Å². The lowest BCUT2D eigenvalue weighted by atomic mass is 10.1. The largest absolute Gasteiger partial charge is 0.465 e. The van der Waals surface area contributed by atoms with Crippen LogP contribution in [0.5, 0.6) is 0 Å². The summed E-state index contributed by atoms with van der Waals surface area (Å²) in [6.07, 6.45) is 1.43. The van der Waals surface area contributed by atoms with Gasteiger partial charge in [-0.3, -0.25) is 9.36 Å². The fraction of sp³-hybridized carbons (Fsp3) is 0.182. The number of esters is 1. The fourth-order valence-electron chi connectivity index (χ4n) is 3.58. The molecule has 0 atom stereocenters. The van der Waals surface area contributed by atoms with Crippen molar-refractivity contribution >= 4 is 17.1 Å². The summed E-state index contributed by atoms with van der Waals surface area (Å²) >= 11 is 0. The first-order valence-corrected chi connectivity index (χ1v) is 9.59. The van der Waals surface area contributed by atoms with Crippen molar-refractivity contribution in [3.63, 3.8) is 0 Å². The van der Waals surface area contributed by atoms with Gasteiger partial charge in [0.25, 0.3) is 5.56 Å². The first-order chi connectivity index (χ1) is 15.0. The highest BCUT2D eigenvalue weighted by molar-refractivity contribution is 5.91. The molecule has 0 amide bonds. The van der Waals surface area contributed by atoms with E-state index in [9.17, 15) is 18.8 Å². The van der Waals surface area contributed by atoms with E-state index in [1.165, 1.54) is 36.2 Å². The second kappa shape index (κ2) is 8.02. The molecule has 0 spiro atoms. The van der Waals surface area contributed by atoms with E-state index in [0.717, 1.165) is 4.57 Å². The summed E-state index contributed by atoms with van der Waals surface area (Å²) < 4.78 is 22.5. The molecule has 0 fully saturated rings. The van der Waals surface area contributed by atoms with Crippen molar-refractivity contribution in [2.45, 2.75) is 20.0 Å². The fourth-order valence-corrected chi connectivity index (χ4v) is 3.58. The zero-order chi connectivity index (χ0) is 22.1. The first-order valence-electron chi connectivity index (χ1n) is 9.59. The van der Waals surface area contributed by atoms with E-state index in [-0.39, 0.29) is 29.9 Å². The molecule has 9 heteroatoms. The third-order valence-corrected chi connectivity index (χ3v) is 5.05. The minimum atomic E-state index is -0.606. The van der Waals surface area contributed by atoms with Crippen LogP contribution in [0.25, 0.3) is 16.9 Å². The molecule has 0 N–H and O–H groups in total. The van der Waals surface area contributed by atoms with Crippen LogP contribution in [0.3, 0.4) is 0 Å². The van der Waals surface area contributed by atoms with Gasteiger partial charge in [-0.2, -0.15) is 0 Å². The van der Waals surface area contributed by atoms with Gasteiger partial charge in [0.1, 0.15) is 5.82 Å². The first kappa shape index (κ1) is 20.3. The van der Waals surface area contributed by atoms with Crippen LogP contribution in [0.4, 0.5) is 4.39 Å². The Balaban J connectivity index is 1.97. The van der Waals surface area contributed by atoms with Gasteiger partial charge in [0.15, 0.2) is 11.2 Å². The molecule has 4 aromatic rings. The lowest BCUT2D eigenvalue weighted by molar-refractivity contribution is 0.0599. The second-order valence-electron chi connectivity index (χ2n) is 6.84. The van der Waals surface area contributed by atoms with E-state index >= 15 is 0 Å². The Morgan fingerprint density at radius 3 is 2.61 bits per heavy atom. The highest BCUT2D eigenvalue weighted by Gasteiger charge is 2.20. The molecule has 158 valence electrons. The lowest BCUT2D eigenvalue weighted by Gasteiger charge is -2.12. The average Bonchev–Trinajstić information content (AvgIpc) is 3.17. The van der Waals surface area contributed by atoms with E-state index in [1.807, 2.05) is 0 Å². The van der Waals surface area contributed by atoms with E-state index in [4.69, 9.17) is 4.74 Å². The lowest BCUT2D eigenvalue weighted by Crippen LogP contribution is -2.39. The number of fused-ring (bicyclic) bond motifs is 1. The molecule has 4 rings (SSSR count). The van der Waals surface area contributed by atoms with Crippen LogP contribution in [0.15, 0.2) is 64.4 Å². The van der Waals surface area contributed by atoms with Crippen molar-refractivity contribution < 1.29 is 13.9 Å². The van der Waals surface area contributed by atoms with E-state index in [2.05, 4.69) is 4.98 Å². The third kappa shape index (κ3) is 3.43. The maximum atomic E-state index is 13.8. The minimum Gasteiger partial charge on any atom is -0.465 e. The van der Waals surface area contributed by atoms with Crippen molar-refractivity contribution in [2.75, 3.05) is 7.11 Å². The molecular formula is C22H19FN4O4. The van der Waals surface area contributed by atoms with Crippen LogP contribution < -0.4 is 11.2 Å². The molecule has 31 heavy (non-hydrogen) atoms. The van der Waals surface area contributed by atoms with Crippen LogP contribution >= 0.6 is 0 Å². The number of benzene rings is 2. The Labute approximate surface area is 175 Å². The Bertz CT molecular complexity index is 1420. The van der Waals surface area contributed by atoms with Gasteiger partial charge in [-0.1, -0.05) is 24.3 Å². The second-order valence-corrected chi connectivity index (χ2v) is 6.84. The Morgan fingerprint density at radius 1 is 1.13 bits per heavy atom. The summed E-state index contributed by atoms with van der Waals surface area (Å²) in [5.41, 5.74) is 0.415. The summed E-state index contributed by atoms with van der Waals surface area (Å²) in [6.45, 7) is 1.97. The Kier molecular flexibility index (Phi) is 5.24. The molecule has 0 bridgehead atoms. The van der Waals surface area contributed by atoms with Crippen molar-refractivity contribution in [1.29, 1.82) is 0 Å². The summed E-state index contributed by atoms with van der Waals surface area (Å²) in [7, 11) is 1.29. The van der Waals surface area contributed by atoms with Crippen LogP contribution in [0, 0.1) is 5.82 Å². The van der Waals surface area contributed by atoms with Gasteiger partial charge in [-0.25, -0.2) is 23.5 Å². The molecule has 2 heterocycles. The molecule has 8 nitrogen and oxygen atoms in total. The molecule has 0 unspecified atom stereocenters. The highest BCUT2D eigenvalue weighted by Crippen LogP contribution is 2.17. The van der Waals surface area contributed by atoms with Gasteiger partial charge >= 0.3 is 11.7 Å². The van der Waals surface area contributed by atoms with Crippen LogP contribution in [0.1, 0.15) is 22.8 Å². The van der Waals surface area contributed by atoms with Crippen molar-refractivity contribution in [3.05, 3.63) is 92.6 Å². The Hall–Kier alpha value is -4.01. The molecular weight excluding hydrogens is 403 g/mol. The predicted octanol–water partition coefficient (Wildman–Crippen LogP) is 2.34. The van der Waals surface area contributed by atoms with Gasteiger partial charge < -0.3 is 9.30 Å². The van der Waals surface area contributed by atoms with Crippen molar-refractivity contribution in [1.82, 2.24) is 18.7 Å². The van der Waals surface area contributed by atoms with Gasteiger partial charge in [0.2, 0.25) is 0 Å². The number of halogens is 1. The molecule has 0 aliphatic carbocycles. The number of rotatable bonds is 5. The SMILES string of the molecule is CCn1c(=O)c2c(ncn2Cc2ccccc2C(=O)OC)n(-c2cccc(F)c2)c1=O. The number of hydrogen-bond donors (Lipinski definition) is 0. The standard InChI is InChI=1S/C22H19FN4O4/c1-3-26-20(28)18-19(27(22(26)30)16-9-6-8-15(23)11-16)24-13-25(18)12-14-7-4-5-10-17(14)21(29)31-2/h4-11,13H,3,12H2,1-2H3. The molecule has 0 saturated carbocycles. The zero-order valence-corrected chi connectivity index (χ0v) is 16.9. The normalized spacial score (nSPS) is 11.1. The number of carbonyl (C=O) groups is 1. The monoisotopic (exact) mass is 422 g/mol. The molecule has 2 aromatic heterocycles. The Morgan fingerprint density at radius 2 is 1.90 bits per heavy atom. The molecule has 0 saturated heterocycles. The van der Waals surface area contributed by atoms with E-state index in [0.29, 0.717) is 11.1 Å². The molecule has 0 radical (unpaired) electrons. The number of ether oxygens (including phenoxy) is 1. The number of nitrogens with zero attached hydrogens (tertiary/aromatic N) is 4.